The van der Waals surface area contributed by atoms with Crippen molar-refractivity contribution in [3.05, 3.63) is 0 Å². The fraction of sp³-hybridized carbons (Fsp3) is 0.909. The summed E-state index contributed by atoms with van der Waals surface area (Å²) in [6.07, 6.45) is 2.47. The molecule has 15 heavy (non-hydrogen) atoms. The molecule has 2 rings (SSSR count). The van der Waals surface area contributed by atoms with Crippen LogP contribution in [0, 0.1) is 5.41 Å². The van der Waals surface area contributed by atoms with Gasteiger partial charge in [-0.3, -0.25) is 10.3 Å². The van der Waals surface area contributed by atoms with Crippen molar-refractivity contribution in [2.75, 3.05) is 39.3 Å². The van der Waals surface area contributed by atoms with Crippen LogP contribution in [0.3, 0.4) is 0 Å². The molecule has 4 heteroatoms. The van der Waals surface area contributed by atoms with E-state index in [4.69, 9.17) is 10.1 Å². The van der Waals surface area contributed by atoms with Crippen molar-refractivity contribution in [3.63, 3.8) is 0 Å². The van der Waals surface area contributed by atoms with Crippen molar-refractivity contribution in [2.24, 2.45) is 0 Å². The summed E-state index contributed by atoms with van der Waals surface area (Å²) < 4.78 is 5.68. The molecular formula is C11H21N3O. The normalized spacial score (nSPS) is 28.3. The minimum Gasteiger partial charge on any atom is -0.368 e. The number of nitrogens with zero attached hydrogens (tertiary/aromatic N) is 2. The monoisotopic (exact) mass is 211 g/mol. The number of amidine groups is 1. The molecule has 0 aliphatic carbocycles. The maximum atomic E-state index is 8.12. The number of likely N-dealkylation sites (N-methyl/N-ethyl adjacent to an activating group) is 1. The topological polar surface area (TPSA) is 39.6 Å². The van der Waals surface area contributed by atoms with Gasteiger partial charge in [0.15, 0.2) is 0 Å². The summed E-state index contributed by atoms with van der Waals surface area (Å²) in [5.41, 5.74) is 0. The molecule has 0 saturated carbocycles. The Morgan fingerprint density at radius 1 is 1.33 bits per heavy atom. The lowest BCUT2D eigenvalue weighted by Crippen LogP contribution is -2.50. The van der Waals surface area contributed by atoms with Gasteiger partial charge in [-0.2, -0.15) is 0 Å². The molecule has 1 atom stereocenters. The van der Waals surface area contributed by atoms with Gasteiger partial charge in [0, 0.05) is 26.2 Å². The first-order valence-corrected chi connectivity index (χ1v) is 5.98. The van der Waals surface area contributed by atoms with Crippen LogP contribution in [0.15, 0.2) is 0 Å². The van der Waals surface area contributed by atoms with Crippen molar-refractivity contribution in [1.29, 1.82) is 5.41 Å². The molecule has 86 valence electrons. The number of morpholine rings is 1. The van der Waals surface area contributed by atoms with E-state index in [-0.39, 0.29) is 6.10 Å². The van der Waals surface area contributed by atoms with Crippen molar-refractivity contribution in [1.82, 2.24) is 9.80 Å². The van der Waals surface area contributed by atoms with Crippen molar-refractivity contribution in [2.45, 2.75) is 25.9 Å². The maximum absolute atomic E-state index is 8.12. The van der Waals surface area contributed by atoms with Crippen LogP contribution in [-0.4, -0.2) is 61.1 Å². The van der Waals surface area contributed by atoms with Gasteiger partial charge in [-0.1, -0.05) is 6.92 Å². The van der Waals surface area contributed by atoms with E-state index in [2.05, 4.69) is 16.7 Å². The number of ether oxygens (including phenoxy) is 1. The molecule has 0 aromatic carbocycles. The molecule has 0 radical (unpaired) electrons. The third-order valence-electron chi connectivity index (χ3n) is 3.35. The first-order valence-electron chi connectivity index (χ1n) is 5.98. The second kappa shape index (κ2) is 4.94. The average Bonchev–Trinajstić information content (AvgIpc) is 2.81. The highest BCUT2D eigenvalue weighted by atomic mass is 16.5. The molecule has 2 aliphatic heterocycles. The fourth-order valence-electron chi connectivity index (χ4n) is 2.32. The molecule has 0 bridgehead atoms. The third kappa shape index (κ3) is 2.49. The Morgan fingerprint density at radius 3 is 2.73 bits per heavy atom. The molecule has 2 aliphatic rings. The van der Waals surface area contributed by atoms with E-state index in [0.717, 1.165) is 39.3 Å². The number of rotatable bonds is 2. The van der Waals surface area contributed by atoms with E-state index in [9.17, 15) is 0 Å². The van der Waals surface area contributed by atoms with Gasteiger partial charge >= 0.3 is 0 Å². The van der Waals surface area contributed by atoms with E-state index in [0.29, 0.717) is 5.84 Å². The van der Waals surface area contributed by atoms with Gasteiger partial charge < -0.3 is 9.64 Å². The summed E-state index contributed by atoms with van der Waals surface area (Å²) in [6, 6.07) is 0. The van der Waals surface area contributed by atoms with Gasteiger partial charge in [0.25, 0.3) is 0 Å². The summed E-state index contributed by atoms with van der Waals surface area (Å²) in [7, 11) is 0. The molecule has 0 aromatic rings. The van der Waals surface area contributed by atoms with Crippen molar-refractivity contribution >= 4 is 5.84 Å². The van der Waals surface area contributed by atoms with Gasteiger partial charge in [-0.05, 0) is 19.4 Å². The highest BCUT2D eigenvalue weighted by molar-refractivity contribution is 5.84. The van der Waals surface area contributed by atoms with Crippen LogP contribution in [0.1, 0.15) is 19.8 Å². The number of nitrogens with one attached hydrogen (secondary N) is 1. The van der Waals surface area contributed by atoms with E-state index in [1.54, 1.807) is 0 Å². The fourth-order valence-corrected chi connectivity index (χ4v) is 2.32. The van der Waals surface area contributed by atoms with Gasteiger partial charge in [-0.25, -0.2) is 0 Å². The third-order valence-corrected chi connectivity index (χ3v) is 3.35. The Bertz CT molecular complexity index is 226. The minimum atomic E-state index is 0.0109. The molecule has 0 amide bonds. The smallest absolute Gasteiger partial charge is 0.127 e. The molecule has 0 spiro atoms. The molecule has 2 fully saturated rings. The number of hydrogen-bond donors (Lipinski definition) is 1. The largest absolute Gasteiger partial charge is 0.368 e. The van der Waals surface area contributed by atoms with Gasteiger partial charge in [-0.15, -0.1) is 0 Å². The highest BCUT2D eigenvalue weighted by Gasteiger charge is 2.27. The lowest BCUT2D eigenvalue weighted by atomic mass is 10.2. The maximum Gasteiger partial charge on any atom is 0.127 e. The van der Waals surface area contributed by atoms with E-state index >= 15 is 0 Å². The quantitative estimate of drug-likeness (QED) is 0.542. The Labute approximate surface area is 91.7 Å². The summed E-state index contributed by atoms with van der Waals surface area (Å²) >= 11 is 0. The lowest BCUT2D eigenvalue weighted by molar-refractivity contribution is 0.00322. The summed E-state index contributed by atoms with van der Waals surface area (Å²) in [4.78, 5) is 4.53. The number of likely N-dealkylation sites (tertiary alicyclic amines) is 1. The first kappa shape index (κ1) is 10.9. The average molecular weight is 211 g/mol. The van der Waals surface area contributed by atoms with Gasteiger partial charge in [0.05, 0.1) is 6.61 Å². The Hall–Kier alpha value is -0.610. The summed E-state index contributed by atoms with van der Waals surface area (Å²) in [5, 5.41) is 8.12. The van der Waals surface area contributed by atoms with Crippen LogP contribution >= 0.6 is 0 Å². The van der Waals surface area contributed by atoms with Gasteiger partial charge in [0.2, 0.25) is 0 Å². The SMILES string of the molecule is CCN1CCOC(C(=N)N2CCCC2)C1. The second-order valence-corrected chi connectivity index (χ2v) is 4.33. The molecule has 2 saturated heterocycles. The van der Waals surface area contributed by atoms with Gasteiger partial charge in [0.1, 0.15) is 11.9 Å². The zero-order valence-electron chi connectivity index (χ0n) is 9.54. The Kier molecular flexibility index (Phi) is 3.59. The molecule has 4 nitrogen and oxygen atoms in total. The van der Waals surface area contributed by atoms with E-state index < -0.39 is 0 Å². The standard InChI is InChI=1S/C11H21N3O/c1-2-13-7-8-15-10(9-13)11(12)14-5-3-4-6-14/h10,12H,2-9H2,1H3. The molecule has 1 unspecified atom stereocenters. The van der Waals surface area contributed by atoms with E-state index in [1.165, 1.54) is 12.8 Å². The Morgan fingerprint density at radius 2 is 2.07 bits per heavy atom. The van der Waals surface area contributed by atoms with Crippen LogP contribution in [0.25, 0.3) is 0 Å². The molecule has 1 N–H and O–H groups in total. The Balaban J connectivity index is 1.88. The predicted octanol–water partition coefficient (Wildman–Crippen LogP) is 0.780. The number of hydrogen-bond acceptors (Lipinski definition) is 3. The summed E-state index contributed by atoms with van der Waals surface area (Å²) in [5.74, 6) is 0.700. The lowest BCUT2D eigenvalue weighted by Gasteiger charge is -2.34. The molecule has 2 heterocycles. The molecule has 0 aromatic heterocycles. The van der Waals surface area contributed by atoms with Crippen LogP contribution in [0.5, 0.6) is 0 Å². The highest BCUT2D eigenvalue weighted by Crippen LogP contribution is 2.13. The first-order chi connectivity index (χ1) is 7.31. The zero-order valence-corrected chi connectivity index (χ0v) is 9.54. The van der Waals surface area contributed by atoms with Crippen LogP contribution < -0.4 is 0 Å². The van der Waals surface area contributed by atoms with Crippen LogP contribution in [0.4, 0.5) is 0 Å². The van der Waals surface area contributed by atoms with Crippen LogP contribution in [-0.2, 0) is 4.74 Å². The van der Waals surface area contributed by atoms with E-state index in [1.807, 2.05) is 0 Å². The second-order valence-electron chi connectivity index (χ2n) is 4.33. The van der Waals surface area contributed by atoms with Crippen molar-refractivity contribution < 1.29 is 4.74 Å². The van der Waals surface area contributed by atoms with Crippen molar-refractivity contribution in [3.8, 4) is 0 Å². The van der Waals surface area contributed by atoms with Crippen LogP contribution in [0.2, 0.25) is 0 Å². The molecular weight excluding hydrogens is 190 g/mol. The summed E-state index contributed by atoms with van der Waals surface area (Å²) in [6.45, 7) is 8.01. The predicted molar refractivity (Wildman–Crippen MR) is 60.4 cm³/mol. The minimum absolute atomic E-state index is 0.0109. The zero-order chi connectivity index (χ0) is 10.7.